The van der Waals surface area contributed by atoms with Gasteiger partial charge in [0.1, 0.15) is 0 Å². The van der Waals surface area contributed by atoms with E-state index < -0.39 is 7.12 Å². The molecule has 0 spiro atoms. The summed E-state index contributed by atoms with van der Waals surface area (Å²) in [6, 6.07) is 8.17. The van der Waals surface area contributed by atoms with Gasteiger partial charge >= 0.3 is 7.12 Å². The second-order valence-corrected chi connectivity index (χ2v) is 5.69. The Morgan fingerprint density at radius 2 is 2.10 bits per heavy atom. The first kappa shape index (κ1) is 15.5. The van der Waals surface area contributed by atoms with Crippen LogP contribution in [0, 0.1) is 0 Å². The molecule has 0 radical (unpaired) electrons. The monoisotopic (exact) mass is 276 g/mol. The molecular weight excluding hydrogens is 251 g/mol. The largest absolute Gasteiger partial charge is 0.488 e. The molecule has 0 bridgehead atoms. The first-order chi connectivity index (χ1) is 9.61. The lowest BCUT2D eigenvalue weighted by atomic mass is 9.77. The van der Waals surface area contributed by atoms with E-state index in [9.17, 15) is 10.0 Å². The molecule has 110 valence electrons. The molecule has 1 saturated heterocycles. The summed E-state index contributed by atoms with van der Waals surface area (Å²) in [7, 11) is 0.713. The third-order valence-corrected chi connectivity index (χ3v) is 4.20. The van der Waals surface area contributed by atoms with Gasteiger partial charge in [-0.25, -0.2) is 0 Å². The Labute approximate surface area is 122 Å². The lowest BCUT2D eigenvalue weighted by molar-refractivity contribution is 0.195. The summed E-state index contributed by atoms with van der Waals surface area (Å²) < 4.78 is 0. The van der Waals surface area contributed by atoms with Crippen LogP contribution in [-0.4, -0.2) is 59.7 Å². The van der Waals surface area contributed by atoms with Crippen LogP contribution in [0.15, 0.2) is 24.3 Å². The van der Waals surface area contributed by atoms with Crippen molar-refractivity contribution in [2.24, 2.45) is 0 Å². The second kappa shape index (κ2) is 7.22. The fraction of sp³-hybridized carbons (Fsp3) is 0.600. The molecule has 5 heteroatoms. The van der Waals surface area contributed by atoms with Crippen molar-refractivity contribution in [1.29, 1.82) is 0 Å². The molecule has 1 heterocycles. The molecule has 20 heavy (non-hydrogen) atoms. The Kier molecular flexibility index (Phi) is 5.60. The van der Waals surface area contributed by atoms with Gasteiger partial charge in [0.05, 0.1) is 0 Å². The van der Waals surface area contributed by atoms with E-state index in [-0.39, 0.29) is 0 Å². The van der Waals surface area contributed by atoms with E-state index in [1.165, 1.54) is 19.4 Å². The zero-order valence-corrected chi connectivity index (χ0v) is 12.5. The molecule has 0 aromatic heterocycles. The Bertz CT molecular complexity index is 428. The van der Waals surface area contributed by atoms with Crippen LogP contribution < -0.4 is 5.46 Å². The van der Waals surface area contributed by atoms with E-state index in [2.05, 4.69) is 23.8 Å². The number of nitrogens with zero attached hydrogens (tertiary/aromatic N) is 2. The van der Waals surface area contributed by atoms with E-state index in [4.69, 9.17) is 0 Å². The molecular formula is C15H25BN2O2. The highest BCUT2D eigenvalue weighted by Gasteiger charge is 2.24. The van der Waals surface area contributed by atoms with E-state index in [1.807, 2.05) is 18.2 Å². The minimum atomic E-state index is -1.39. The van der Waals surface area contributed by atoms with Crippen molar-refractivity contribution in [3.8, 4) is 0 Å². The van der Waals surface area contributed by atoms with Crippen LogP contribution in [0.25, 0.3) is 0 Å². The maximum Gasteiger partial charge on any atom is 0.488 e. The fourth-order valence-corrected chi connectivity index (χ4v) is 3.16. The number of rotatable bonds is 6. The van der Waals surface area contributed by atoms with Gasteiger partial charge in [0.15, 0.2) is 0 Å². The standard InChI is InChI=1S/C15H25BN2O2/c1-3-18-10-6-8-14(18)12-17(2)11-13-7-4-5-9-15(13)16(19)20/h4-5,7,9,14,19-20H,3,6,8,10-12H2,1-2H3. The van der Waals surface area contributed by atoms with Crippen LogP contribution in [0.2, 0.25) is 0 Å². The number of hydrogen-bond donors (Lipinski definition) is 2. The molecule has 1 aromatic rings. The Morgan fingerprint density at radius 1 is 1.35 bits per heavy atom. The van der Waals surface area contributed by atoms with E-state index in [1.54, 1.807) is 6.07 Å². The van der Waals surface area contributed by atoms with Crippen LogP contribution in [0.3, 0.4) is 0 Å². The first-order valence-electron chi connectivity index (χ1n) is 7.48. The maximum atomic E-state index is 9.41. The third kappa shape index (κ3) is 3.82. The lowest BCUT2D eigenvalue weighted by Crippen LogP contribution is -2.40. The van der Waals surface area contributed by atoms with Crippen LogP contribution in [-0.2, 0) is 6.54 Å². The second-order valence-electron chi connectivity index (χ2n) is 5.69. The van der Waals surface area contributed by atoms with Crippen LogP contribution in [0.5, 0.6) is 0 Å². The number of likely N-dealkylation sites (tertiary alicyclic amines) is 1. The van der Waals surface area contributed by atoms with Crippen LogP contribution >= 0.6 is 0 Å². The Morgan fingerprint density at radius 3 is 2.80 bits per heavy atom. The highest BCUT2D eigenvalue weighted by molar-refractivity contribution is 6.59. The van der Waals surface area contributed by atoms with Crippen LogP contribution in [0.1, 0.15) is 25.3 Å². The van der Waals surface area contributed by atoms with Gasteiger partial charge in [0.2, 0.25) is 0 Å². The quantitative estimate of drug-likeness (QED) is 0.733. The number of likely N-dealkylation sites (N-methyl/N-ethyl adjacent to an activating group) is 2. The smallest absolute Gasteiger partial charge is 0.423 e. The minimum Gasteiger partial charge on any atom is -0.423 e. The van der Waals surface area contributed by atoms with Crippen molar-refractivity contribution < 1.29 is 10.0 Å². The average molecular weight is 276 g/mol. The van der Waals surface area contributed by atoms with Gasteiger partial charge in [-0.1, -0.05) is 31.2 Å². The SMILES string of the molecule is CCN1CCCC1CN(C)Cc1ccccc1B(O)O. The molecule has 0 aliphatic carbocycles. The molecule has 1 atom stereocenters. The lowest BCUT2D eigenvalue weighted by Gasteiger charge is -2.28. The van der Waals surface area contributed by atoms with Crippen molar-refractivity contribution in [3.05, 3.63) is 29.8 Å². The molecule has 2 rings (SSSR count). The highest BCUT2D eigenvalue weighted by atomic mass is 16.4. The fourth-order valence-electron chi connectivity index (χ4n) is 3.16. The molecule has 1 unspecified atom stereocenters. The predicted molar refractivity (Wildman–Crippen MR) is 82.9 cm³/mol. The van der Waals surface area contributed by atoms with Gasteiger partial charge in [-0.05, 0) is 44.0 Å². The summed E-state index contributed by atoms with van der Waals surface area (Å²) in [5.41, 5.74) is 1.60. The predicted octanol–water partition coefficient (Wildman–Crippen LogP) is 0.283. The summed E-state index contributed by atoms with van der Waals surface area (Å²) in [4.78, 5) is 4.81. The van der Waals surface area contributed by atoms with Crippen molar-refractivity contribution in [2.75, 3.05) is 26.7 Å². The zero-order chi connectivity index (χ0) is 14.5. The summed E-state index contributed by atoms with van der Waals surface area (Å²) in [6.07, 6.45) is 2.56. The van der Waals surface area contributed by atoms with Gasteiger partial charge in [-0.3, -0.25) is 4.90 Å². The van der Waals surface area contributed by atoms with Crippen molar-refractivity contribution in [3.63, 3.8) is 0 Å². The molecule has 0 saturated carbocycles. The number of benzene rings is 1. The topological polar surface area (TPSA) is 46.9 Å². The van der Waals surface area contributed by atoms with Crippen molar-refractivity contribution >= 4 is 12.6 Å². The van der Waals surface area contributed by atoms with Gasteiger partial charge in [0, 0.05) is 19.1 Å². The zero-order valence-electron chi connectivity index (χ0n) is 12.5. The van der Waals surface area contributed by atoms with Crippen LogP contribution in [0.4, 0.5) is 0 Å². The molecule has 4 nitrogen and oxygen atoms in total. The molecule has 2 N–H and O–H groups in total. The average Bonchev–Trinajstić information content (AvgIpc) is 2.86. The Balaban J connectivity index is 1.96. The molecule has 1 fully saturated rings. The normalized spacial score (nSPS) is 19.8. The minimum absolute atomic E-state index is 0.609. The molecule has 0 amide bonds. The van der Waals surface area contributed by atoms with Gasteiger partial charge < -0.3 is 14.9 Å². The van der Waals surface area contributed by atoms with Gasteiger partial charge in [-0.15, -0.1) is 0 Å². The maximum absolute atomic E-state index is 9.41. The summed E-state index contributed by atoms with van der Waals surface area (Å²) in [5, 5.41) is 18.8. The third-order valence-electron chi connectivity index (χ3n) is 4.20. The van der Waals surface area contributed by atoms with Crippen molar-refractivity contribution in [2.45, 2.75) is 32.4 Å². The van der Waals surface area contributed by atoms with E-state index >= 15 is 0 Å². The first-order valence-corrected chi connectivity index (χ1v) is 7.48. The molecule has 1 aromatic carbocycles. The van der Waals surface area contributed by atoms with Gasteiger partial charge in [-0.2, -0.15) is 0 Å². The number of hydrogen-bond acceptors (Lipinski definition) is 4. The highest BCUT2D eigenvalue weighted by Crippen LogP contribution is 2.17. The van der Waals surface area contributed by atoms with Crippen molar-refractivity contribution in [1.82, 2.24) is 9.80 Å². The van der Waals surface area contributed by atoms with E-state index in [0.717, 1.165) is 25.2 Å². The van der Waals surface area contributed by atoms with E-state index in [0.29, 0.717) is 11.5 Å². The molecule has 1 aliphatic heterocycles. The summed E-state index contributed by atoms with van der Waals surface area (Å²) >= 11 is 0. The van der Waals surface area contributed by atoms with Gasteiger partial charge in [0.25, 0.3) is 0 Å². The Hall–Kier alpha value is -0.875. The summed E-state index contributed by atoms with van der Waals surface area (Å²) in [6.45, 7) is 6.33. The molecule has 1 aliphatic rings. The summed E-state index contributed by atoms with van der Waals surface area (Å²) in [5.74, 6) is 0.